The zero-order valence-electron chi connectivity index (χ0n) is 11.7. The molecule has 0 N–H and O–H groups in total. The van der Waals surface area contributed by atoms with Gasteiger partial charge in [0.25, 0.3) is 0 Å². The molecule has 0 radical (unpaired) electrons. The lowest BCUT2D eigenvalue weighted by Gasteiger charge is -2.30. The van der Waals surface area contributed by atoms with E-state index in [1.165, 1.54) is 16.7 Å². The molecule has 2 aromatic carbocycles. The molecule has 0 aromatic heterocycles. The normalized spacial score (nSPS) is 19.4. The third-order valence-corrected chi connectivity index (χ3v) is 3.66. The summed E-state index contributed by atoms with van der Waals surface area (Å²) in [6.45, 7) is 2.82. The van der Waals surface area contributed by atoms with E-state index in [4.69, 9.17) is 4.74 Å². The molecule has 1 saturated heterocycles. The first-order valence-corrected chi connectivity index (χ1v) is 6.78. The topological polar surface area (TPSA) is 12.5 Å². The summed E-state index contributed by atoms with van der Waals surface area (Å²) >= 11 is 0. The molecule has 0 spiro atoms. The monoisotopic (exact) mass is 333 g/mol. The SMILES string of the molecule is Br.CN1CCOC(c2ccc(-c3ccccc3)cc2)C1. The van der Waals surface area contributed by atoms with Crippen LogP contribution in [0.1, 0.15) is 11.7 Å². The zero-order valence-corrected chi connectivity index (χ0v) is 13.4. The van der Waals surface area contributed by atoms with Crippen molar-refractivity contribution in [3.8, 4) is 11.1 Å². The molecule has 0 saturated carbocycles. The Morgan fingerprint density at radius 1 is 0.950 bits per heavy atom. The van der Waals surface area contributed by atoms with Crippen molar-refractivity contribution in [3.05, 3.63) is 60.2 Å². The van der Waals surface area contributed by atoms with Gasteiger partial charge in [-0.1, -0.05) is 54.6 Å². The van der Waals surface area contributed by atoms with E-state index in [-0.39, 0.29) is 23.1 Å². The predicted octanol–water partition coefficient (Wildman–Crippen LogP) is 3.93. The smallest absolute Gasteiger partial charge is 0.0952 e. The molecule has 3 heteroatoms. The molecule has 2 aromatic rings. The number of hydrogen-bond donors (Lipinski definition) is 0. The molecule has 3 rings (SSSR count). The molecule has 1 unspecified atom stereocenters. The number of benzene rings is 2. The molecular formula is C17H20BrNO. The maximum absolute atomic E-state index is 5.84. The lowest BCUT2D eigenvalue weighted by molar-refractivity contribution is -0.0208. The lowest BCUT2D eigenvalue weighted by atomic mass is 10.0. The second-order valence-corrected chi connectivity index (χ2v) is 5.11. The standard InChI is InChI=1S/C17H19NO.BrH/c1-18-11-12-19-17(13-18)16-9-7-15(8-10-16)14-5-3-2-4-6-14;/h2-10,17H,11-13H2,1H3;1H. The summed E-state index contributed by atoms with van der Waals surface area (Å²) < 4.78 is 5.84. The Hall–Kier alpha value is -1.16. The van der Waals surface area contributed by atoms with Gasteiger partial charge >= 0.3 is 0 Å². The zero-order chi connectivity index (χ0) is 13.1. The molecule has 1 aliphatic rings. The predicted molar refractivity (Wildman–Crippen MR) is 88.4 cm³/mol. The van der Waals surface area contributed by atoms with Gasteiger partial charge in [-0.05, 0) is 23.7 Å². The van der Waals surface area contributed by atoms with Crippen molar-refractivity contribution in [3.63, 3.8) is 0 Å². The highest BCUT2D eigenvalue weighted by molar-refractivity contribution is 8.93. The summed E-state index contributed by atoms with van der Waals surface area (Å²) in [5.41, 5.74) is 3.79. The highest BCUT2D eigenvalue weighted by atomic mass is 79.9. The Morgan fingerprint density at radius 2 is 1.60 bits per heavy atom. The van der Waals surface area contributed by atoms with E-state index in [2.05, 4.69) is 60.5 Å². The fourth-order valence-corrected chi connectivity index (χ4v) is 2.50. The van der Waals surface area contributed by atoms with E-state index in [1.807, 2.05) is 6.07 Å². The van der Waals surface area contributed by atoms with Gasteiger partial charge in [0.2, 0.25) is 0 Å². The Kier molecular flexibility index (Phi) is 5.35. The maximum atomic E-state index is 5.84. The molecule has 1 heterocycles. The summed E-state index contributed by atoms with van der Waals surface area (Å²) in [4.78, 5) is 2.32. The van der Waals surface area contributed by atoms with Crippen LogP contribution in [0.15, 0.2) is 54.6 Å². The first kappa shape index (κ1) is 15.2. The third-order valence-electron chi connectivity index (χ3n) is 3.66. The van der Waals surface area contributed by atoms with Gasteiger partial charge in [-0.3, -0.25) is 0 Å². The van der Waals surface area contributed by atoms with Gasteiger partial charge in [-0.15, -0.1) is 17.0 Å². The van der Waals surface area contributed by atoms with Crippen LogP contribution in [0.25, 0.3) is 11.1 Å². The Morgan fingerprint density at radius 3 is 2.25 bits per heavy atom. The minimum absolute atomic E-state index is 0. The highest BCUT2D eigenvalue weighted by Crippen LogP contribution is 2.25. The van der Waals surface area contributed by atoms with Crippen molar-refractivity contribution < 1.29 is 4.74 Å². The summed E-state index contributed by atoms with van der Waals surface area (Å²) in [6, 6.07) is 19.2. The molecule has 1 atom stereocenters. The van der Waals surface area contributed by atoms with Gasteiger partial charge in [0.1, 0.15) is 0 Å². The minimum Gasteiger partial charge on any atom is -0.371 e. The highest BCUT2D eigenvalue weighted by Gasteiger charge is 2.19. The van der Waals surface area contributed by atoms with E-state index in [9.17, 15) is 0 Å². The number of nitrogens with zero attached hydrogens (tertiary/aromatic N) is 1. The van der Waals surface area contributed by atoms with Gasteiger partial charge in [-0.25, -0.2) is 0 Å². The van der Waals surface area contributed by atoms with Crippen LogP contribution in [0, 0.1) is 0 Å². The number of ether oxygens (including phenoxy) is 1. The molecule has 20 heavy (non-hydrogen) atoms. The van der Waals surface area contributed by atoms with Crippen LogP contribution in [0.2, 0.25) is 0 Å². The molecule has 0 bridgehead atoms. The van der Waals surface area contributed by atoms with Crippen molar-refractivity contribution >= 4 is 17.0 Å². The Bertz CT molecular complexity index is 526. The third kappa shape index (κ3) is 3.48. The largest absolute Gasteiger partial charge is 0.371 e. The average Bonchev–Trinajstić information content (AvgIpc) is 2.48. The molecule has 0 amide bonds. The second-order valence-electron chi connectivity index (χ2n) is 5.11. The lowest BCUT2D eigenvalue weighted by Crippen LogP contribution is -2.35. The quantitative estimate of drug-likeness (QED) is 0.825. The number of likely N-dealkylation sites (N-methyl/N-ethyl adjacent to an activating group) is 1. The Labute approximate surface area is 131 Å². The van der Waals surface area contributed by atoms with Gasteiger partial charge < -0.3 is 9.64 Å². The van der Waals surface area contributed by atoms with E-state index >= 15 is 0 Å². The summed E-state index contributed by atoms with van der Waals surface area (Å²) in [7, 11) is 2.15. The molecule has 0 aliphatic carbocycles. The van der Waals surface area contributed by atoms with Gasteiger partial charge in [-0.2, -0.15) is 0 Å². The van der Waals surface area contributed by atoms with Crippen molar-refractivity contribution in [2.24, 2.45) is 0 Å². The number of hydrogen-bond acceptors (Lipinski definition) is 2. The summed E-state index contributed by atoms with van der Waals surface area (Å²) in [6.07, 6.45) is 0.212. The van der Waals surface area contributed by atoms with E-state index in [1.54, 1.807) is 0 Å². The summed E-state index contributed by atoms with van der Waals surface area (Å²) in [5.74, 6) is 0. The fourth-order valence-electron chi connectivity index (χ4n) is 2.50. The summed E-state index contributed by atoms with van der Waals surface area (Å²) in [5, 5.41) is 0. The van der Waals surface area contributed by atoms with Crippen LogP contribution in [0.3, 0.4) is 0 Å². The van der Waals surface area contributed by atoms with Crippen LogP contribution < -0.4 is 0 Å². The van der Waals surface area contributed by atoms with Crippen molar-refractivity contribution in [1.29, 1.82) is 0 Å². The van der Waals surface area contributed by atoms with Crippen LogP contribution >= 0.6 is 17.0 Å². The maximum Gasteiger partial charge on any atom is 0.0952 e. The van der Waals surface area contributed by atoms with Crippen LogP contribution in [-0.2, 0) is 4.74 Å². The number of morpholine rings is 1. The number of halogens is 1. The van der Waals surface area contributed by atoms with Crippen molar-refractivity contribution in [2.75, 3.05) is 26.7 Å². The number of rotatable bonds is 2. The molecule has 1 fully saturated rings. The van der Waals surface area contributed by atoms with E-state index in [0.717, 1.165) is 19.7 Å². The Balaban J connectivity index is 0.00000147. The second kappa shape index (κ2) is 7.02. The van der Waals surface area contributed by atoms with Crippen molar-refractivity contribution in [1.82, 2.24) is 4.90 Å². The van der Waals surface area contributed by atoms with E-state index < -0.39 is 0 Å². The van der Waals surface area contributed by atoms with Gasteiger partial charge in [0.05, 0.1) is 12.7 Å². The first-order chi connectivity index (χ1) is 9.33. The van der Waals surface area contributed by atoms with Crippen LogP contribution in [-0.4, -0.2) is 31.6 Å². The van der Waals surface area contributed by atoms with Gasteiger partial charge in [0, 0.05) is 13.1 Å². The van der Waals surface area contributed by atoms with Gasteiger partial charge in [0.15, 0.2) is 0 Å². The molecule has 106 valence electrons. The average molecular weight is 334 g/mol. The van der Waals surface area contributed by atoms with Crippen LogP contribution in [0.4, 0.5) is 0 Å². The molecule has 1 aliphatic heterocycles. The minimum atomic E-state index is 0. The van der Waals surface area contributed by atoms with E-state index in [0.29, 0.717) is 0 Å². The van der Waals surface area contributed by atoms with Crippen molar-refractivity contribution in [2.45, 2.75) is 6.10 Å². The fraction of sp³-hybridized carbons (Fsp3) is 0.294. The van der Waals surface area contributed by atoms with Crippen LogP contribution in [0.5, 0.6) is 0 Å². The molecular weight excluding hydrogens is 314 g/mol. The first-order valence-electron chi connectivity index (χ1n) is 6.78. The molecule has 2 nitrogen and oxygen atoms in total.